The minimum absolute atomic E-state index is 0.187. The quantitative estimate of drug-likeness (QED) is 0.732. The molecule has 150 valence electrons. The molecule has 1 unspecified atom stereocenters. The Bertz CT molecular complexity index is 961. The lowest BCUT2D eigenvalue weighted by Gasteiger charge is -2.30. The molecule has 6 heteroatoms. The van der Waals surface area contributed by atoms with Crippen LogP contribution in [0.2, 0.25) is 0 Å². The van der Waals surface area contributed by atoms with E-state index in [4.69, 9.17) is 14.7 Å². The second-order valence-corrected chi connectivity index (χ2v) is 7.89. The Morgan fingerprint density at radius 2 is 1.97 bits per heavy atom. The van der Waals surface area contributed by atoms with Gasteiger partial charge >= 0.3 is 0 Å². The molecule has 1 fully saturated rings. The van der Waals surface area contributed by atoms with Crippen LogP contribution in [0.3, 0.4) is 0 Å². The van der Waals surface area contributed by atoms with Gasteiger partial charge < -0.3 is 14.5 Å². The highest BCUT2D eigenvalue weighted by Gasteiger charge is 2.24. The molecule has 0 aromatic carbocycles. The molecule has 0 N–H and O–H groups in total. The maximum absolute atomic E-state index is 5.93. The SMILES string of the molecule is C1=CC(OCCCN2CCCC2)=NC2CCN(c3ccc4ncccc4n3)C=C12. The number of anilines is 1. The van der Waals surface area contributed by atoms with Gasteiger partial charge in [0.25, 0.3) is 0 Å². The average molecular weight is 390 g/mol. The molecule has 2 aromatic rings. The Morgan fingerprint density at radius 1 is 1.03 bits per heavy atom. The van der Waals surface area contributed by atoms with Crippen molar-refractivity contribution in [1.82, 2.24) is 14.9 Å². The van der Waals surface area contributed by atoms with E-state index in [-0.39, 0.29) is 6.04 Å². The van der Waals surface area contributed by atoms with Crippen LogP contribution in [-0.4, -0.2) is 59.6 Å². The van der Waals surface area contributed by atoms with E-state index in [1.54, 1.807) is 6.20 Å². The molecule has 6 nitrogen and oxygen atoms in total. The Hall–Kier alpha value is -2.73. The van der Waals surface area contributed by atoms with Crippen LogP contribution in [0, 0.1) is 0 Å². The third-order valence-electron chi connectivity index (χ3n) is 5.84. The van der Waals surface area contributed by atoms with Gasteiger partial charge in [-0.25, -0.2) is 9.98 Å². The first-order valence-electron chi connectivity index (χ1n) is 10.7. The Morgan fingerprint density at radius 3 is 2.90 bits per heavy atom. The van der Waals surface area contributed by atoms with Crippen molar-refractivity contribution in [3.8, 4) is 0 Å². The number of rotatable bonds is 5. The second kappa shape index (κ2) is 8.33. The van der Waals surface area contributed by atoms with Gasteiger partial charge in [0.05, 0.1) is 23.7 Å². The van der Waals surface area contributed by atoms with Crippen molar-refractivity contribution < 1.29 is 4.74 Å². The molecule has 3 aliphatic heterocycles. The zero-order valence-electron chi connectivity index (χ0n) is 16.7. The fourth-order valence-electron chi connectivity index (χ4n) is 4.26. The smallest absolute Gasteiger partial charge is 0.209 e. The van der Waals surface area contributed by atoms with Gasteiger partial charge in [0.1, 0.15) is 5.82 Å². The molecule has 0 bridgehead atoms. The summed E-state index contributed by atoms with van der Waals surface area (Å²) in [6.07, 6.45) is 12.8. The lowest BCUT2D eigenvalue weighted by Crippen LogP contribution is -2.31. The third kappa shape index (κ3) is 4.17. The zero-order valence-corrected chi connectivity index (χ0v) is 16.7. The molecule has 2 aromatic heterocycles. The summed E-state index contributed by atoms with van der Waals surface area (Å²) in [5.41, 5.74) is 3.06. The van der Waals surface area contributed by atoms with Gasteiger partial charge in [-0.05, 0) is 68.6 Å². The highest BCUT2D eigenvalue weighted by molar-refractivity contribution is 5.90. The molecule has 0 aliphatic carbocycles. The average Bonchev–Trinajstić information content (AvgIpc) is 3.29. The summed E-state index contributed by atoms with van der Waals surface area (Å²) >= 11 is 0. The van der Waals surface area contributed by atoms with Crippen molar-refractivity contribution in [3.63, 3.8) is 0 Å². The van der Waals surface area contributed by atoms with Crippen molar-refractivity contribution in [3.05, 3.63) is 54.4 Å². The molecule has 29 heavy (non-hydrogen) atoms. The van der Waals surface area contributed by atoms with Crippen LogP contribution in [0.15, 0.2) is 59.4 Å². The largest absolute Gasteiger partial charge is 0.478 e. The molecule has 1 saturated heterocycles. The van der Waals surface area contributed by atoms with E-state index in [1.807, 2.05) is 30.3 Å². The highest BCUT2D eigenvalue weighted by atomic mass is 16.5. The van der Waals surface area contributed by atoms with Gasteiger partial charge in [0.2, 0.25) is 5.90 Å². The number of pyridine rings is 2. The molecule has 0 amide bonds. The Kier molecular flexibility index (Phi) is 5.26. The molecule has 1 atom stereocenters. The van der Waals surface area contributed by atoms with Gasteiger partial charge in [-0.2, -0.15) is 0 Å². The first-order valence-corrected chi connectivity index (χ1v) is 10.7. The minimum atomic E-state index is 0.187. The van der Waals surface area contributed by atoms with Crippen LogP contribution >= 0.6 is 0 Å². The highest BCUT2D eigenvalue weighted by Crippen LogP contribution is 2.27. The first kappa shape index (κ1) is 18.3. The maximum atomic E-state index is 5.93. The molecule has 0 spiro atoms. The van der Waals surface area contributed by atoms with E-state index < -0.39 is 0 Å². The number of ether oxygens (including phenoxy) is 1. The van der Waals surface area contributed by atoms with Crippen LogP contribution in [0.4, 0.5) is 5.82 Å². The molecule has 3 aliphatic rings. The second-order valence-electron chi connectivity index (χ2n) is 7.89. The molecule has 0 radical (unpaired) electrons. The standard InChI is InChI=1S/C23H27N5O/c1-2-13-27(12-1)14-4-16-29-23-9-6-18-17-28(15-10-19(18)26-23)22-8-7-20-21(25-22)5-3-11-24-20/h3,5-9,11,17,19H,1-2,4,10,12-16H2. The van der Waals surface area contributed by atoms with Gasteiger partial charge in [0, 0.05) is 31.6 Å². The predicted octanol–water partition coefficient (Wildman–Crippen LogP) is 3.56. The van der Waals surface area contributed by atoms with E-state index in [2.05, 4.69) is 27.1 Å². The first-order chi connectivity index (χ1) is 14.3. The van der Waals surface area contributed by atoms with Gasteiger partial charge in [-0.1, -0.05) is 6.08 Å². The molecule has 5 heterocycles. The maximum Gasteiger partial charge on any atom is 0.209 e. The van der Waals surface area contributed by atoms with Gasteiger partial charge in [-0.3, -0.25) is 4.98 Å². The summed E-state index contributed by atoms with van der Waals surface area (Å²) in [6.45, 7) is 5.26. The summed E-state index contributed by atoms with van der Waals surface area (Å²) in [6, 6.07) is 8.19. The van der Waals surface area contributed by atoms with Gasteiger partial charge in [0.15, 0.2) is 0 Å². The molecule has 0 saturated carbocycles. The summed E-state index contributed by atoms with van der Waals surface area (Å²) in [7, 11) is 0. The summed E-state index contributed by atoms with van der Waals surface area (Å²) in [5, 5.41) is 0. The Balaban J connectivity index is 1.20. The van der Waals surface area contributed by atoms with E-state index in [0.29, 0.717) is 0 Å². The van der Waals surface area contributed by atoms with Crippen LogP contribution in [0.5, 0.6) is 0 Å². The number of dihydropyridines is 1. The van der Waals surface area contributed by atoms with Crippen LogP contribution < -0.4 is 4.90 Å². The number of aliphatic imine (C=N–C) groups is 1. The number of fused-ring (bicyclic) bond motifs is 2. The number of hydrogen-bond acceptors (Lipinski definition) is 6. The number of nitrogens with zero attached hydrogens (tertiary/aromatic N) is 5. The Labute approximate surface area is 171 Å². The van der Waals surface area contributed by atoms with E-state index in [0.717, 1.165) is 55.3 Å². The van der Waals surface area contributed by atoms with E-state index in [9.17, 15) is 0 Å². The van der Waals surface area contributed by atoms with Crippen molar-refractivity contribution in [2.75, 3.05) is 37.7 Å². The summed E-state index contributed by atoms with van der Waals surface area (Å²) in [4.78, 5) is 18.7. The fraction of sp³-hybridized carbons (Fsp3) is 0.435. The monoisotopic (exact) mass is 389 g/mol. The zero-order chi connectivity index (χ0) is 19.5. The lowest BCUT2D eigenvalue weighted by atomic mass is 9.99. The van der Waals surface area contributed by atoms with Gasteiger partial charge in [-0.15, -0.1) is 0 Å². The summed E-state index contributed by atoms with van der Waals surface area (Å²) < 4.78 is 5.93. The molecular formula is C23H27N5O. The summed E-state index contributed by atoms with van der Waals surface area (Å²) in [5.74, 6) is 1.73. The lowest BCUT2D eigenvalue weighted by molar-refractivity contribution is 0.255. The van der Waals surface area contributed by atoms with Crippen LogP contribution in [0.25, 0.3) is 11.0 Å². The van der Waals surface area contributed by atoms with Crippen molar-refractivity contribution in [2.24, 2.45) is 4.99 Å². The topological polar surface area (TPSA) is 53.9 Å². The van der Waals surface area contributed by atoms with E-state index >= 15 is 0 Å². The third-order valence-corrected chi connectivity index (χ3v) is 5.84. The molecule has 5 rings (SSSR count). The van der Waals surface area contributed by atoms with Crippen molar-refractivity contribution >= 4 is 22.7 Å². The van der Waals surface area contributed by atoms with Crippen LogP contribution in [-0.2, 0) is 4.74 Å². The van der Waals surface area contributed by atoms with Crippen LogP contribution in [0.1, 0.15) is 25.7 Å². The number of aromatic nitrogens is 2. The molecular weight excluding hydrogens is 362 g/mol. The van der Waals surface area contributed by atoms with Crippen molar-refractivity contribution in [2.45, 2.75) is 31.7 Å². The number of likely N-dealkylation sites (tertiary alicyclic amines) is 1. The number of hydrogen-bond donors (Lipinski definition) is 0. The normalized spacial score (nSPS) is 21.8. The van der Waals surface area contributed by atoms with E-state index in [1.165, 1.54) is 31.5 Å². The fourth-order valence-corrected chi connectivity index (χ4v) is 4.26. The minimum Gasteiger partial charge on any atom is -0.478 e. The predicted molar refractivity (Wildman–Crippen MR) is 116 cm³/mol. The van der Waals surface area contributed by atoms with Crippen molar-refractivity contribution in [1.29, 1.82) is 0 Å².